The first-order valence-corrected chi connectivity index (χ1v) is 12.3. The van der Waals surface area contributed by atoms with Crippen LogP contribution in [0.4, 0.5) is 5.69 Å². The molecule has 0 saturated heterocycles. The molecule has 9 heteroatoms. The molecule has 3 rings (SSSR count). The summed E-state index contributed by atoms with van der Waals surface area (Å²) in [6.45, 7) is 0.439. The third-order valence-corrected chi connectivity index (χ3v) is 6.99. The predicted molar refractivity (Wildman–Crippen MR) is 131 cm³/mol. The number of nitrogens with zero attached hydrogens (tertiary/aromatic N) is 2. The summed E-state index contributed by atoms with van der Waals surface area (Å²) >= 11 is 1.28. The Hall–Kier alpha value is -3.30. The second-order valence-corrected chi connectivity index (χ2v) is 9.94. The van der Waals surface area contributed by atoms with E-state index >= 15 is 0 Å². The lowest BCUT2D eigenvalue weighted by atomic mass is 10.2. The van der Waals surface area contributed by atoms with Crippen LogP contribution in [0.25, 0.3) is 0 Å². The normalized spacial score (nSPS) is 11.4. The smallest absolute Gasteiger partial charge is 0.337 e. The Bertz CT molecular complexity index is 1230. The first-order chi connectivity index (χ1) is 15.8. The summed E-state index contributed by atoms with van der Waals surface area (Å²) in [7, 11) is 0.492. The summed E-state index contributed by atoms with van der Waals surface area (Å²) in [6, 6.07) is 22.0. The van der Waals surface area contributed by atoms with Crippen LogP contribution in [0.1, 0.15) is 15.9 Å². The highest BCUT2D eigenvalue weighted by Gasteiger charge is 2.25. The molecule has 0 aliphatic carbocycles. The van der Waals surface area contributed by atoms with Crippen molar-refractivity contribution in [3.63, 3.8) is 0 Å². The van der Waals surface area contributed by atoms with E-state index in [4.69, 9.17) is 4.74 Å². The van der Waals surface area contributed by atoms with Crippen LogP contribution < -0.4 is 5.32 Å². The molecule has 0 fully saturated rings. The van der Waals surface area contributed by atoms with Crippen LogP contribution in [0.5, 0.6) is 0 Å². The van der Waals surface area contributed by atoms with Crippen LogP contribution in [-0.2, 0) is 21.3 Å². The van der Waals surface area contributed by atoms with Crippen LogP contribution in [0.3, 0.4) is 0 Å². The summed E-state index contributed by atoms with van der Waals surface area (Å²) < 4.78 is 35.1. The second kappa shape index (κ2) is 11.0. The van der Waals surface area contributed by atoms with Crippen LogP contribution in [0, 0.1) is 0 Å². The van der Waals surface area contributed by atoms with E-state index in [0.29, 0.717) is 17.1 Å². The summed E-state index contributed by atoms with van der Waals surface area (Å²) in [5.41, 5.74) is 1.62. The molecule has 7 nitrogen and oxygen atoms in total. The van der Waals surface area contributed by atoms with Gasteiger partial charge in [0.2, 0.25) is 0 Å². The van der Waals surface area contributed by atoms with Gasteiger partial charge in [0.05, 0.1) is 23.3 Å². The van der Waals surface area contributed by atoms with Crippen LogP contribution in [0.15, 0.2) is 91.9 Å². The molecule has 0 bridgehead atoms. The molecule has 3 aromatic rings. The third-order valence-electron chi connectivity index (χ3n) is 4.46. The highest BCUT2D eigenvalue weighted by atomic mass is 32.2. The first-order valence-electron chi connectivity index (χ1n) is 10.0. The van der Waals surface area contributed by atoms with E-state index in [1.807, 2.05) is 60.7 Å². The summed E-state index contributed by atoms with van der Waals surface area (Å²) in [6.07, 6.45) is 1.22. The minimum atomic E-state index is -4.12. The zero-order valence-electron chi connectivity index (χ0n) is 18.6. The van der Waals surface area contributed by atoms with Gasteiger partial charge in [-0.25, -0.2) is 4.79 Å². The van der Waals surface area contributed by atoms with E-state index in [9.17, 15) is 13.2 Å². The lowest BCUT2D eigenvalue weighted by Gasteiger charge is -2.17. The van der Waals surface area contributed by atoms with Crippen molar-refractivity contribution in [1.29, 1.82) is 0 Å². The van der Waals surface area contributed by atoms with E-state index in [1.165, 1.54) is 36.2 Å². The lowest BCUT2D eigenvalue weighted by molar-refractivity contribution is 0.0600. The van der Waals surface area contributed by atoms with Crippen molar-refractivity contribution in [3.8, 4) is 0 Å². The van der Waals surface area contributed by atoms with E-state index in [1.54, 1.807) is 20.2 Å². The van der Waals surface area contributed by atoms with Crippen LogP contribution >= 0.6 is 11.8 Å². The molecule has 33 heavy (non-hydrogen) atoms. The number of hydrogen-bond acceptors (Lipinski definition) is 6. The highest BCUT2D eigenvalue weighted by molar-refractivity contribution is 8.00. The molecule has 3 aromatic carbocycles. The van der Waals surface area contributed by atoms with Gasteiger partial charge in [-0.05, 0) is 29.8 Å². The summed E-state index contributed by atoms with van der Waals surface area (Å²) in [5, 5.41) is 3.29. The van der Waals surface area contributed by atoms with Crippen LogP contribution in [0.2, 0.25) is 0 Å². The number of carbonyl (C=O) groups excluding carboxylic acids is 1. The average Bonchev–Trinajstić information content (AvgIpc) is 2.82. The molecular weight excluding hydrogens is 458 g/mol. The molecular formula is C24H25N3O4S2. The highest BCUT2D eigenvalue weighted by Crippen LogP contribution is 2.40. The number of ether oxygens (including phenoxy) is 1. The molecule has 0 heterocycles. The molecule has 0 spiro atoms. The maximum atomic E-state index is 13.2. The zero-order chi connectivity index (χ0) is 23.8. The van der Waals surface area contributed by atoms with Gasteiger partial charge in [-0.2, -0.15) is 8.42 Å². The zero-order valence-corrected chi connectivity index (χ0v) is 20.2. The minimum Gasteiger partial charge on any atom is -0.465 e. The van der Waals surface area contributed by atoms with Gasteiger partial charge in [0, 0.05) is 25.5 Å². The standard InChI is InChI=1S/C24H25N3O4S2/c1-27(2)17-26-33(29,30)22-15-19(24(28)31-3)14-21(25-16-18-10-6-4-7-11-18)23(22)32-20-12-8-5-9-13-20/h4-15,17,25H,16H2,1-3H3/b26-17+. The Kier molecular flexibility index (Phi) is 8.13. The number of methoxy groups -OCH3 is 1. The fraction of sp³-hybridized carbons (Fsp3) is 0.167. The molecule has 0 radical (unpaired) electrons. The van der Waals surface area contributed by atoms with Crippen molar-refractivity contribution in [1.82, 2.24) is 4.90 Å². The van der Waals surface area contributed by atoms with Gasteiger partial charge in [0.1, 0.15) is 11.2 Å². The molecule has 0 unspecified atom stereocenters. The number of rotatable bonds is 9. The maximum Gasteiger partial charge on any atom is 0.337 e. The quantitative estimate of drug-likeness (QED) is 0.272. The Labute approximate surface area is 198 Å². The molecule has 172 valence electrons. The number of carbonyl (C=O) groups is 1. The number of esters is 1. The largest absolute Gasteiger partial charge is 0.465 e. The molecule has 0 amide bonds. The summed E-state index contributed by atoms with van der Waals surface area (Å²) in [4.78, 5) is 15.1. The molecule has 0 aliphatic rings. The van der Waals surface area contributed by atoms with Crippen molar-refractivity contribution >= 4 is 39.8 Å². The van der Waals surface area contributed by atoms with E-state index in [2.05, 4.69) is 9.71 Å². The predicted octanol–water partition coefficient (Wildman–Crippen LogP) is 4.52. The number of anilines is 1. The second-order valence-electron chi connectivity index (χ2n) is 7.26. The molecule has 1 N–H and O–H groups in total. The van der Waals surface area contributed by atoms with E-state index in [0.717, 1.165) is 10.5 Å². The van der Waals surface area contributed by atoms with Gasteiger partial charge in [0.15, 0.2) is 0 Å². The monoisotopic (exact) mass is 483 g/mol. The third kappa shape index (κ3) is 6.59. The van der Waals surface area contributed by atoms with Crippen molar-refractivity contribution in [2.45, 2.75) is 21.2 Å². The Balaban J connectivity index is 2.17. The summed E-state index contributed by atoms with van der Waals surface area (Å²) in [5.74, 6) is -0.637. The van der Waals surface area contributed by atoms with Gasteiger partial charge in [-0.1, -0.05) is 60.3 Å². The fourth-order valence-corrected chi connectivity index (χ4v) is 5.30. The van der Waals surface area contributed by atoms with Crippen molar-refractivity contribution in [2.24, 2.45) is 4.40 Å². The van der Waals surface area contributed by atoms with Gasteiger partial charge in [-0.15, -0.1) is 4.40 Å². The van der Waals surface area contributed by atoms with Gasteiger partial charge >= 0.3 is 5.97 Å². The van der Waals surface area contributed by atoms with Gasteiger partial charge < -0.3 is 15.0 Å². The van der Waals surface area contributed by atoms with Crippen molar-refractivity contribution in [3.05, 3.63) is 83.9 Å². The topological polar surface area (TPSA) is 88.1 Å². The maximum absolute atomic E-state index is 13.2. The number of hydrogen-bond donors (Lipinski definition) is 1. The molecule has 0 aromatic heterocycles. The van der Waals surface area contributed by atoms with E-state index < -0.39 is 16.0 Å². The first kappa shape index (κ1) is 24.3. The number of nitrogens with one attached hydrogen (secondary N) is 1. The van der Waals surface area contributed by atoms with Crippen molar-refractivity contribution < 1.29 is 17.9 Å². The Morgan fingerprint density at radius 3 is 2.30 bits per heavy atom. The van der Waals surface area contributed by atoms with Crippen LogP contribution in [-0.4, -0.2) is 46.8 Å². The Morgan fingerprint density at radius 1 is 1.06 bits per heavy atom. The van der Waals surface area contributed by atoms with Crippen molar-refractivity contribution in [2.75, 3.05) is 26.5 Å². The number of benzene rings is 3. The number of sulfonamides is 1. The SMILES string of the molecule is COC(=O)c1cc(NCc2ccccc2)c(Sc2ccccc2)c(S(=O)(=O)/N=C/N(C)C)c1. The fourth-order valence-electron chi connectivity index (χ4n) is 2.88. The Morgan fingerprint density at radius 2 is 1.70 bits per heavy atom. The average molecular weight is 484 g/mol. The van der Waals surface area contributed by atoms with E-state index in [-0.39, 0.29) is 10.5 Å². The van der Waals surface area contributed by atoms with Gasteiger partial charge in [-0.3, -0.25) is 0 Å². The molecule has 0 saturated carbocycles. The molecule has 0 aliphatic heterocycles. The molecule has 0 atom stereocenters. The lowest BCUT2D eigenvalue weighted by Crippen LogP contribution is -2.12. The minimum absolute atomic E-state index is 0.0760. The van der Waals surface area contributed by atoms with Gasteiger partial charge in [0.25, 0.3) is 10.0 Å².